The van der Waals surface area contributed by atoms with Crippen LogP contribution in [-0.4, -0.2) is 26.2 Å². The van der Waals surface area contributed by atoms with Crippen LogP contribution in [0.4, 0.5) is 5.69 Å². The molecule has 0 saturated carbocycles. The molecule has 1 aliphatic heterocycles. The Morgan fingerprint density at radius 3 is 2.06 bits per heavy atom. The van der Waals surface area contributed by atoms with E-state index >= 15 is 0 Å². The minimum Gasteiger partial charge on any atom is -0.369 e. The number of nitrogens with one attached hydrogen (secondary N) is 1. The van der Waals surface area contributed by atoms with Crippen molar-refractivity contribution >= 4 is 5.69 Å². The van der Waals surface area contributed by atoms with Crippen molar-refractivity contribution in [1.82, 2.24) is 5.32 Å². The lowest BCUT2D eigenvalue weighted by Crippen LogP contribution is -2.56. The van der Waals surface area contributed by atoms with Crippen LogP contribution in [-0.2, 0) is 5.41 Å². The molecule has 1 saturated heterocycles. The standard InChI is InChI=1S/C14H22N2/c1-14(2,3)11-5-7-12(8-6-11)16(4)13-9-15-10-13/h5-8,13,15H,9-10H2,1-4H3. The van der Waals surface area contributed by atoms with Gasteiger partial charge in [0.1, 0.15) is 0 Å². The van der Waals surface area contributed by atoms with Gasteiger partial charge in [0.05, 0.1) is 6.04 Å². The number of likely N-dealkylation sites (N-methyl/N-ethyl adjacent to an activating group) is 1. The maximum atomic E-state index is 3.31. The summed E-state index contributed by atoms with van der Waals surface area (Å²) in [5, 5.41) is 3.31. The molecule has 1 aliphatic rings. The molecular weight excluding hydrogens is 196 g/mol. The third-order valence-corrected chi connectivity index (χ3v) is 3.45. The molecule has 1 N–H and O–H groups in total. The van der Waals surface area contributed by atoms with Crippen molar-refractivity contribution in [2.24, 2.45) is 0 Å². The molecule has 0 amide bonds. The van der Waals surface area contributed by atoms with Gasteiger partial charge in [-0.1, -0.05) is 32.9 Å². The van der Waals surface area contributed by atoms with Crippen LogP contribution in [0.5, 0.6) is 0 Å². The summed E-state index contributed by atoms with van der Waals surface area (Å²) in [5.41, 5.74) is 2.96. The first kappa shape index (κ1) is 11.5. The van der Waals surface area contributed by atoms with Crippen LogP contribution in [0.2, 0.25) is 0 Å². The van der Waals surface area contributed by atoms with Gasteiger partial charge in [-0.25, -0.2) is 0 Å². The monoisotopic (exact) mass is 218 g/mol. The van der Waals surface area contributed by atoms with Crippen molar-refractivity contribution in [1.29, 1.82) is 0 Å². The van der Waals surface area contributed by atoms with Crippen molar-refractivity contribution in [2.45, 2.75) is 32.2 Å². The molecule has 0 aromatic heterocycles. The molecule has 88 valence electrons. The zero-order valence-electron chi connectivity index (χ0n) is 10.7. The molecule has 0 aliphatic carbocycles. The van der Waals surface area contributed by atoms with Crippen molar-refractivity contribution in [3.05, 3.63) is 29.8 Å². The average molecular weight is 218 g/mol. The summed E-state index contributed by atoms with van der Waals surface area (Å²) in [6, 6.07) is 9.63. The van der Waals surface area contributed by atoms with Crippen LogP contribution in [0.1, 0.15) is 26.3 Å². The quantitative estimate of drug-likeness (QED) is 0.820. The van der Waals surface area contributed by atoms with E-state index < -0.39 is 0 Å². The molecule has 2 rings (SSSR count). The van der Waals surface area contributed by atoms with E-state index in [1.165, 1.54) is 11.3 Å². The number of hydrogen-bond acceptors (Lipinski definition) is 2. The van der Waals surface area contributed by atoms with E-state index in [1.54, 1.807) is 0 Å². The van der Waals surface area contributed by atoms with Crippen LogP contribution in [0.3, 0.4) is 0 Å². The highest BCUT2D eigenvalue weighted by Gasteiger charge is 2.22. The van der Waals surface area contributed by atoms with E-state index in [9.17, 15) is 0 Å². The summed E-state index contributed by atoms with van der Waals surface area (Å²) >= 11 is 0. The Kier molecular flexibility index (Phi) is 2.94. The molecule has 0 spiro atoms. The van der Waals surface area contributed by atoms with E-state index in [0.717, 1.165) is 13.1 Å². The Bertz CT molecular complexity index is 344. The maximum absolute atomic E-state index is 3.31. The van der Waals surface area contributed by atoms with Gasteiger partial charge in [0, 0.05) is 25.8 Å². The number of benzene rings is 1. The van der Waals surface area contributed by atoms with Crippen molar-refractivity contribution < 1.29 is 0 Å². The second-order valence-electron chi connectivity index (χ2n) is 5.72. The Hall–Kier alpha value is -1.02. The second kappa shape index (κ2) is 4.10. The van der Waals surface area contributed by atoms with Crippen LogP contribution >= 0.6 is 0 Å². The molecular formula is C14H22N2. The normalized spacial score (nSPS) is 17.0. The minimum atomic E-state index is 0.245. The lowest BCUT2D eigenvalue weighted by Gasteiger charge is -2.37. The van der Waals surface area contributed by atoms with Crippen LogP contribution < -0.4 is 10.2 Å². The molecule has 16 heavy (non-hydrogen) atoms. The molecule has 0 unspecified atom stereocenters. The highest BCUT2D eigenvalue weighted by molar-refractivity contribution is 5.49. The molecule has 2 heteroatoms. The number of hydrogen-bond donors (Lipinski definition) is 1. The molecule has 1 aromatic rings. The van der Waals surface area contributed by atoms with Crippen molar-refractivity contribution in [3.8, 4) is 0 Å². The molecule has 1 fully saturated rings. The van der Waals surface area contributed by atoms with Gasteiger partial charge in [0.15, 0.2) is 0 Å². The third kappa shape index (κ3) is 2.22. The summed E-state index contributed by atoms with van der Waals surface area (Å²) in [5.74, 6) is 0. The Balaban J connectivity index is 2.12. The van der Waals surface area contributed by atoms with Crippen LogP contribution in [0.25, 0.3) is 0 Å². The van der Waals surface area contributed by atoms with E-state index in [2.05, 4.69) is 62.3 Å². The van der Waals surface area contributed by atoms with Gasteiger partial charge in [0.2, 0.25) is 0 Å². The van der Waals surface area contributed by atoms with Crippen molar-refractivity contribution in [2.75, 3.05) is 25.0 Å². The van der Waals surface area contributed by atoms with Crippen LogP contribution in [0, 0.1) is 0 Å². The Morgan fingerprint density at radius 1 is 1.12 bits per heavy atom. The number of nitrogens with zero attached hydrogens (tertiary/aromatic N) is 1. The molecule has 0 bridgehead atoms. The first-order valence-electron chi connectivity index (χ1n) is 6.02. The molecule has 2 nitrogen and oxygen atoms in total. The highest BCUT2D eigenvalue weighted by atomic mass is 15.2. The van der Waals surface area contributed by atoms with Crippen molar-refractivity contribution in [3.63, 3.8) is 0 Å². The largest absolute Gasteiger partial charge is 0.369 e. The smallest absolute Gasteiger partial charge is 0.0535 e. The summed E-state index contributed by atoms with van der Waals surface area (Å²) < 4.78 is 0. The van der Waals surface area contributed by atoms with E-state index in [4.69, 9.17) is 0 Å². The summed E-state index contributed by atoms with van der Waals surface area (Å²) in [6.45, 7) is 8.97. The fraction of sp³-hybridized carbons (Fsp3) is 0.571. The molecule has 0 atom stereocenters. The third-order valence-electron chi connectivity index (χ3n) is 3.45. The molecule has 0 radical (unpaired) electrons. The number of anilines is 1. The van der Waals surface area contributed by atoms with Gasteiger partial charge < -0.3 is 10.2 Å². The van der Waals surface area contributed by atoms with E-state index in [-0.39, 0.29) is 5.41 Å². The van der Waals surface area contributed by atoms with Crippen LogP contribution in [0.15, 0.2) is 24.3 Å². The number of rotatable bonds is 2. The molecule has 1 aromatic carbocycles. The Morgan fingerprint density at radius 2 is 1.69 bits per heavy atom. The summed E-state index contributed by atoms with van der Waals surface area (Å²) in [4.78, 5) is 2.36. The Labute approximate surface area is 98.7 Å². The zero-order valence-corrected chi connectivity index (χ0v) is 10.7. The topological polar surface area (TPSA) is 15.3 Å². The highest BCUT2D eigenvalue weighted by Crippen LogP contribution is 2.25. The first-order chi connectivity index (χ1) is 7.48. The fourth-order valence-corrected chi connectivity index (χ4v) is 1.95. The summed E-state index contributed by atoms with van der Waals surface area (Å²) in [7, 11) is 2.18. The zero-order chi connectivity index (χ0) is 11.8. The minimum absolute atomic E-state index is 0.245. The first-order valence-corrected chi connectivity index (χ1v) is 6.02. The SMILES string of the molecule is CN(c1ccc(C(C)(C)C)cc1)C1CNC1. The van der Waals surface area contributed by atoms with E-state index in [1.807, 2.05) is 0 Å². The second-order valence-corrected chi connectivity index (χ2v) is 5.72. The van der Waals surface area contributed by atoms with Gasteiger partial charge in [0.25, 0.3) is 0 Å². The lowest BCUT2D eigenvalue weighted by atomic mass is 9.87. The van der Waals surface area contributed by atoms with Gasteiger partial charge in [-0.3, -0.25) is 0 Å². The van der Waals surface area contributed by atoms with Gasteiger partial charge in [-0.05, 0) is 23.1 Å². The fourth-order valence-electron chi connectivity index (χ4n) is 1.95. The summed E-state index contributed by atoms with van der Waals surface area (Å²) in [6.07, 6.45) is 0. The van der Waals surface area contributed by atoms with Gasteiger partial charge in [-0.2, -0.15) is 0 Å². The predicted molar refractivity (Wildman–Crippen MR) is 70.2 cm³/mol. The molecule has 1 heterocycles. The average Bonchev–Trinajstić information content (AvgIpc) is 2.14. The van der Waals surface area contributed by atoms with Gasteiger partial charge >= 0.3 is 0 Å². The predicted octanol–water partition coefficient (Wildman–Crippen LogP) is 2.39. The van der Waals surface area contributed by atoms with Gasteiger partial charge in [-0.15, -0.1) is 0 Å². The maximum Gasteiger partial charge on any atom is 0.0535 e. The van der Waals surface area contributed by atoms with E-state index in [0.29, 0.717) is 6.04 Å². The lowest BCUT2D eigenvalue weighted by molar-refractivity contribution is 0.428.